The minimum absolute atomic E-state index is 0.0832. The molecule has 0 aliphatic carbocycles. The molecule has 2 N–H and O–H groups in total. The van der Waals surface area contributed by atoms with Crippen LogP contribution in [0.4, 0.5) is 0 Å². The number of imidazole rings is 1. The van der Waals surface area contributed by atoms with E-state index >= 15 is 0 Å². The third-order valence-corrected chi connectivity index (χ3v) is 4.32. The molecule has 1 aromatic rings. The highest BCUT2D eigenvalue weighted by Crippen LogP contribution is 2.27. The lowest BCUT2D eigenvalue weighted by Gasteiger charge is -2.21. The first-order valence-corrected chi connectivity index (χ1v) is 9.23. The van der Waals surface area contributed by atoms with Crippen molar-refractivity contribution in [2.45, 2.75) is 37.9 Å². The molecule has 1 rings (SSSR count). The van der Waals surface area contributed by atoms with Crippen LogP contribution in [0.3, 0.4) is 0 Å². The zero-order chi connectivity index (χ0) is 16.3. The van der Waals surface area contributed by atoms with E-state index in [4.69, 9.17) is 5.11 Å². The number of aliphatic carboxylic acids is 1. The van der Waals surface area contributed by atoms with Crippen molar-refractivity contribution >= 4 is 27.8 Å². The lowest BCUT2D eigenvalue weighted by molar-refractivity contribution is -0.133. The molecular weight excluding hydrogens is 314 g/mol. The van der Waals surface area contributed by atoms with Gasteiger partial charge in [0.05, 0.1) is 12.0 Å². The number of hydrogen-bond donors (Lipinski definition) is 2. The second kappa shape index (κ2) is 6.80. The molecule has 9 heteroatoms. The van der Waals surface area contributed by atoms with Gasteiger partial charge in [0.15, 0.2) is 5.16 Å². The van der Waals surface area contributed by atoms with Crippen LogP contribution in [0.15, 0.2) is 11.4 Å². The number of carbonyl (C=O) groups is 1. The molecule has 0 bridgehead atoms. The van der Waals surface area contributed by atoms with Crippen LogP contribution in [0.5, 0.6) is 0 Å². The van der Waals surface area contributed by atoms with Gasteiger partial charge in [0.2, 0.25) is 10.0 Å². The molecule has 1 heterocycles. The van der Waals surface area contributed by atoms with Gasteiger partial charge < -0.3 is 9.67 Å². The van der Waals surface area contributed by atoms with E-state index in [9.17, 15) is 13.2 Å². The monoisotopic (exact) mass is 335 g/mol. The number of nitrogens with zero attached hydrogens (tertiary/aromatic N) is 2. The molecule has 0 radical (unpaired) electrons. The molecular formula is C12H21N3O4S2. The summed E-state index contributed by atoms with van der Waals surface area (Å²) in [5.74, 6) is -0.999. The largest absolute Gasteiger partial charge is 0.481 e. The summed E-state index contributed by atoms with van der Waals surface area (Å²) in [6.45, 7) is 6.71. The molecule has 0 saturated carbocycles. The fourth-order valence-electron chi connectivity index (χ4n) is 1.76. The Morgan fingerprint density at radius 3 is 2.57 bits per heavy atom. The van der Waals surface area contributed by atoms with Crippen LogP contribution in [-0.4, -0.2) is 47.6 Å². The van der Waals surface area contributed by atoms with E-state index in [-0.39, 0.29) is 17.7 Å². The van der Waals surface area contributed by atoms with E-state index in [0.717, 1.165) is 23.7 Å². The Morgan fingerprint density at radius 2 is 2.10 bits per heavy atom. The molecule has 120 valence electrons. The van der Waals surface area contributed by atoms with Crippen molar-refractivity contribution in [3.8, 4) is 0 Å². The van der Waals surface area contributed by atoms with Gasteiger partial charge in [0.25, 0.3) is 0 Å². The Balaban J connectivity index is 2.94. The molecule has 0 saturated heterocycles. The van der Waals surface area contributed by atoms with E-state index in [1.165, 1.54) is 0 Å². The Labute approximate surface area is 129 Å². The predicted octanol–water partition coefficient (Wildman–Crippen LogP) is 0.907. The maximum Gasteiger partial charge on any atom is 0.313 e. The van der Waals surface area contributed by atoms with E-state index in [2.05, 4.69) is 9.71 Å². The van der Waals surface area contributed by atoms with Crippen molar-refractivity contribution in [1.82, 2.24) is 14.3 Å². The zero-order valence-electron chi connectivity index (χ0n) is 12.6. The molecule has 0 atom stereocenters. The highest BCUT2D eigenvalue weighted by Gasteiger charge is 2.22. The first-order chi connectivity index (χ1) is 9.50. The normalized spacial score (nSPS) is 12.6. The lowest BCUT2D eigenvalue weighted by atomic mass is 9.92. The number of thioether (sulfide) groups is 1. The molecule has 0 amide bonds. The van der Waals surface area contributed by atoms with Crippen molar-refractivity contribution in [1.29, 1.82) is 0 Å². The summed E-state index contributed by atoms with van der Waals surface area (Å²) in [5, 5.41) is 9.35. The zero-order valence-corrected chi connectivity index (χ0v) is 14.2. The van der Waals surface area contributed by atoms with E-state index in [1.54, 1.807) is 6.20 Å². The number of carboxylic acids is 1. The van der Waals surface area contributed by atoms with Gasteiger partial charge >= 0.3 is 5.97 Å². The van der Waals surface area contributed by atoms with Gasteiger partial charge in [-0.1, -0.05) is 32.5 Å². The number of rotatable bonds is 7. The van der Waals surface area contributed by atoms with E-state index in [0.29, 0.717) is 11.7 Å². The molecule has 0 spiro atoms. The smallest absolute Gasteiger partial charge is 0.313 e. The Bertz CT molecular complexity index is 603. The molecule has 1 aromatic heterocycles. The number of aromatic nitrogens is 2. The third-order valence-electron chi connectivity index (χ3n) is 2.61. The van der Waals surface area contributed by atoms with Gasteiger partial charge in [-0.25, -0.2) is 18.1 Å². The topological polar surface area (TPSA) is 101 Å². The highest BCUT2D eigenvalue weighted by molar-refractivity contribution is 7.99. The van der Waals surface area contributed by atoms with Gasteiger partial charge in [0, 0.05) is 30.4 Å². The van der Waals surface area contributed by atoms with Crippen LogP contribution in [0, 0.1) is 0 Å². The number of hydrogen-bond acceptors (Lipinski definition) is 5. The fraction of sp³-hybridized carbons (Fsp3) is 0.667. The summed E-state index contributed by atoms with van der Waals surface area (Å²) >= 11 is 1.13. The van der Waals surface area contributed by atoms with Crippen molar-refractivity contribution in [2.75, 3.05) is 18.6 Å². The van der Waals surface area contributed by atoms with Crippen molar-refractivity contribution in [3.05, 3.63) is 11.9 Å². The Hall–Kier alpha value is -1.06. The van der Waals surface area contributed by atoms with Crippen LogP contribution in [0.1, 0.15) is 26.5 Å². The standard InChI is InChI=1S/C12H21N3O4S2/c1-12(2,3)9-7-13-11(20-8-10(16)17)15(9)6-5-14-21(4,18)19/h7,14H,5-6,8H2,1-4H3,(H,16,17). The molecule has 0 aliphatic rings. The average Bonchev–Trinajstić information content (AvgIpc) is 2.67. The van der Waals surface area contributed by atoms with Gasteiger partial charge in [-0.3, -0.25) is 4.79 Å². The maximum absolute atomic E-state index is 11.1. The van der Waals surface area contributed by atoms with E-state index in [1.807, 2.05) is 25.3 Å². The van der Waals surface area contributed by atoms with Crippen molar-refractivity contribution in [3.63, 3.8) is 0 Å². The first kappa shape index (κ1) is 18.0. The fourth-order valence-corrected chi connectivity index (χ4v) is 2.95. The summed E-state index contributed by atoms with van der Waals surface area (Å²) in [6.07, 6.45) is 2.82. The molecule has 0 fully saturated rings. The average molecular weight is 335 g/mol. The summed E-state index contributed by atoms with van der Waals surface area (Å²) in [6, 6.07) is 0. The third kappa shape index (κ3) is 6.06. The summed E-state index contributed by atoms with van der Waals surface area (Å²) < 4.78 is 26.5. The molecule has 0 unspecified atom stereocenters. The minimum Gasteiger partial charge on any atom is -0.481 e. The van der Waals surface area contributed by atoms with Crippen molar-refractivity contribution < 1.29 is 18.3 Å². The van der Waals surface area contributed by atoms with Crippen molar-refractivity contribution in [2.24, 2.45) is 0 Å². The first-order valence-electron chi connectivity index (χ1n) is 6.36. The Kier molecular flexibility index (Phi) is 5.83. The molecule has 7 nitrogen and oxygen atoms in total. The van der Waals surface area contributed by atoms with Gasteiger partial charge in [-0.05, 0) is 0 Å². The Morgan fingerprint density at radius 1 is 1.48 bits per heavy atom. The van der Waals surface area contributed by atoms with Gasteiger partial charge in [0.1, 0.15) is 0 Å². The van der Waals surface area contributed by atoms with Gasteiger partial charge in [-0.15, -0.1) is 0 Å². The SMILES string of the molecule is CC(C)(C)c1cnc(SCC(=O)O)n1CCNS(C)(=O)=O. The van der Waals surface area contributed by atoms with Crippen LogP contribution in [-0.2, 0) is 26.8 Å². The minimum atomic E-state index is -3.25. The van der Waals surface area contributed by atoms with Crippen LogP contribution >= 0.6 is 11.8 Å². The molecule has 0 aliphatic heterocycles. The van der Waals surface area contributed by atoms with E-state index < -0.39 is 16.0 Å². The number of carboxylic acid groups (broad SMARTS) is 1. The maximum atomic E-state index is 11.1. The second-order valence-electron chi connectivity index (χ2n) is 5.68. The molecule has 21 heavy (non-hydrogen) atoms. The van der Waals surface area contributed by atoms with Gasteiger partial charge in [-0.2, -0.15) is 0 Å². The van der Waals surface area contributed by atoms with Crippen LogP contribution < -0.4 is 4.72 Å². The predicted molar refractivity (Wildman–Crippen MR) is 82.1 cm³/mol. The lowest BCUT2D eigenvalue weighted by Crippen LogP contribution is -2.28. The summed E-state index contributed by atoms with van der Waals surface area (Å²) in [5.41, 5.74) is 0.769. The number of nitrogens with one attached hydrogen (secondary N) is 1. The van der Waals surface area contributed by atoms with Crippen LogP contribution in [0.2, 0.25) is 0 Å². The summed E-state index contributed by atoms with van der Waals surface area (Å²) in [4.78, 5) is 14.9. The van der Waals surface area contributed by atoms with Crippen LogP contribution in [0.25, 0.3) is 0 Å². The number of sulfonamides is 1. The second-order valence-corrected chi connectivity index (χ2v) is 8.45. The summed E-state index contributed by atoms with van der Waals surface area (Å²) in [7, 11) is -3.25. The quantitative estimate of drug-likeness (QED) is 0.718. The molecule has 0 aromatic carbocycles. The highest BCUT2D eigenvalue weighted by atomic mass is 32.2.